The maximum atomic E-state index is 11.8. The van der Waals surface area contributed by atoms with E-state index in [0.717, 1.165) is 38.3 Å². The van der Waals surface area contributed by atoms with E-state index in [0.29, 0.717) is 12.3 Å². The first-order valence-corrected chi connectivity index (χ1v) is 6.97. The van der Waals surface area contributed by atoms with Gasteiger partial charge in [-0.3, -0.25) is 4.79 Å². The Kier molecular flexibility index (Phi) is 3.23. The molecule has 0 aliphatic carbocycles. The summed E-state index contributed by atoms with van der Waals surface area (Å²) in [6, 6.07) is 0. The Morgan fingerprint density at radius 3 is 2.55 bits per heavy atom. The maximum absolute atomic E-state index is 11.8. The first-order valence-electron chi connectivity index (χ1n) is 6.97. The Morgan fingerprint density at radius 1 is 1.25 bits per heavy atom. The van der Waals surface area contributed by atoms with Crippen molar-refractivity contribution in [3.63, 3.8) is 0 Å². The lowest BCUT2D eigenvalue weighted by Crippen LogP contribution is -2.41. The van der Waals surface area contributed by atoms with Crippen molar-refractivity contribution in [2.75, 3.05) is 38.7 Å². The van der Waals surface area contributed by atoms with Gasteiger partial charge in [0.05, 0.1) is 7.11 Å². The quantitative estimate of drug-likeness (QED) is 0.804. The van der Waals surface area contributed by atoms with Crippen molar-refractivity contribution in [3.8, 4) is 5.88 Å². The number of carbonyl (C=O) groups is 1. The number of rotatable bonds is 2. The molecule has 2 aliphatic heterocycles. The maximum Gasteiger partial charge on any atom is 0.257 e. The van der Waals surface area contributed by atoms with Crippen molar-refractivity contribution in [3.05, 3.63) is 12.4 Å². The lowest BCUT2D eigenvalue weighted by molar-refractivity contribution is -0.126. The number of likely N-dealkylation sites (tertiary alicyclic amines) is 1. The minimum atomic E-state index is 0.164. The van der Waals surface area contributed by atoms with Crippen molar-refractivity contribution >= 4 is 11.7 Å². The number of amides is 1. The Balaban J connectivity index is 1.71. The van der Waals surface area contributed by atoms with Crippen LogP contribution in [0.5, 0.6) is 5.88 Å². The third kappa shape index (κ3) is 2.19. The summed E-state index contributed by atoms with van der Waals surface area (Å²) in [5.74, 6) is 1.65. The average Bonchev–Trinajstić information content (AvgIpc) is 2.74. The molecule has 3 rings (SSSR count). The molecule has 0 radical (unpaired) electrons. The SMILES string of the molecule is COc1nccnc1N1CCC2(CC1)CC(=O)N(C)C2. The molecule has 1 amide bonds. The van der Waals surface area contributed by atoms with E-state index in [9.17, 15) is 4.79 Å². The van der Waals surface area contributed by atoms with E-state index in [4.69, 9.17) is 4.74 Å². The van der Waals surface area contributed by atoms with Gasteiger partial charge in [-0.25, -0.2) is 9.97 Å². The molecule has 0 aromatic carbocycles. The molecule has 0 N–H and O–H groups in total. The van der Waals surface area contributed by atoms with Crippen LogP contribution in [0, 0.1) is 5.41 Å². The van der Waals surface area contributed by atoms with Gasteiger partial charge in [-0.2, -0.15) is 0 Å². The highest BCUT2D eigenvalue weighted by Gasteiger charge is 2.43. The molecule has 6 nitrogen and oxygen atoms in total. The number of piperidine rings is 1. The van der Waals surface area contributed by atoms with Crippen LogP contribution >= 0.6 is 0 Å². The van der Waals surface area contributed by atoms with Gasteiger partial charge in [0, 0.05) is 50.9 Å². The number of nitrogens with zero attached hydrogens (tertiary/aromatic N) is 4. The third-order valence-electron chi connectivity index (χ3n) is 4.49. The molecular weight excluding hydrogens is 256 g/mol. The molecule has 2 aliphatic rings. The summed E-state index contributed by atoms with van der Waals surface area (Å²) in [7, 11) is 3.51. The lowest BCUT2D eigenvalue weighted by atomic mass is 9.77. The molecule has 0 atom stereocenters. The first-order chi connectivity index (χ1) is 9.63. The van der Waals surface area contributed by atoms with E-state index < -0.39 is 0 Å². The van der Waals surface area contributed by atoms with Gasteiger partial charge in [0.2, 0.25) is 5.91 Å². The zero-order valence-electron chi connectivity index (χ0n) is 12.0. The van der Waals surface area contributed by atoms with Gasteiger partial charge in [0.15, 0.2) is 5.82 Å². The number of carbonyl (C=O) groups excluding carboxylic acids is 1. The molecule has 3 heterocycles. The standard InChI is InChI=1S/C14H20N4O2/c1-17-10-14(9-11(17)19)3-7-18(8-4-14)12-13(20-2)16-6-5-15-12/h5-6H,3-4,7-10H2,1-2H3. The minimum Gasteiger partial charge on any atom is -0.478 e. The molecule has 1 aromatic heterocycles. The normalized spacial score (nSPS) is 21.6. The Morgan fingerprint density at radius 2 is 1.95 bits per heavy atom. The van der Waals surface area contributed by atoms with Crippen LogP contribution in [0.3, 0.4) is 0 Å². The molecule has 2 saturated heterocycles. The zero-order chi connectivity index (χ0) is 14.2. The number of methoxy groups -OCH3 is 1. The number of hydrogen-bond donors (Lipinski definition) is 0. The molecular formula is C14H20N4O2. The van der Waals surface area contributed by atoms with E-state index in [2.05, 4.69) is 14.9 Å². The van der Waals surface area contributed by atoms with Gasteiger partial charge < -0.3 is 14.5 Å². The fraction of sp³-hybridized carbons (Fsp3) is 0.643. The topological polar surface area (TPSA) is 58.6 Å². The molecule has 1 aromatic rings. The van der Waals surface area contributed by atoms with Crippen LogP contribution in [0.15, 0.2) is 12.4 Å². The number of aromatic nitrogens is 2. The minimum absolute atomic E-state index is 0.164. The number of hydrogen-bond acceptors (Lipinski definition) is 5. The van der Waals surface area contributed by atoms with Crippen molar-refractivity contribution in [1.82, 2.24) is 14.9 Å². The van der Waals surface area contributed by atoms with E-state index in [-0.39, 0.29) is 11.3 Å². The summed E-state index contributed by atoms with van der Waals surface area (Å²) in [4.78, 5) is 24.4. The summed E-state index contributed by atoms with van der Waals surface area (Å²) in [6.45, 7) is 2.68. The van der Waals surface area contributed by atoms with Crippen LogP contribution in [0.25, 0.3) is 0 Å². The summed E-state index contributed by atoms with van der Waals surface area (Å²) >= 11 is 0. The van der Waals surface area contributed by atoms with Crippen molar-refractivity contribution in [2.24, 2.45) is 5.41 Å². The summed E-state index contributed by atoms with van der Waals surface area (Å²) in [5.41, 5.74) is 0.164. The fourth-order valence-corrected chi connectivity index (χ4v) is 3.31. The summed E-state index contributed by atoms with van der Waals surface area (Å²) in [6.07, 6.45) is 6.05. The zero-order valence-corrected chi connectivity index (χ0v) is 12.0. The molecule has 108 valence electrons. The molecule has 2 fully saturated rings. The van der Waals surface area contributed by atoms with E-state index in [1.165, 1.54) is 0 Å². The average molecular weight is 276 g/mol. The van der Waals surface area contributed by atoms with Gasteiger partial charge in [-0.15, -0.1) is 0 Å². The van der Waals surface area contributed by atoms with Crippen LogP contribution in [-0.2, 0) is 4.79 Å². The van der Waals surface area contributed by atoms with Crippen molar-refractivity contribution < 1.29 is 9.53 Å². The molecule has 0 saturated carbocycles. The van der Waals surface area contributed by atoms with Gasteiger partial charge in [0.1, 0.15) is 0 Å². The van der Waals surface area contributed by atoms with Gasteiger partial charge in [-0.05, 0) is 12.8 Å². The smallest absolute Gasteiger partial charge is 0.257 e. The van der Waals surface area contributed by atoms with Gasteiger partial charge in [-0.1, -0.05) is 0 Å². The van der Waals surface area contributed by atoms with Crippen LogP contribution in [-0.4, -0.2) is 54.6 Å². The van der Waals surface area contributed by atoms with E-state index >= 15 is 0 Å². The summed E-state index contributed by atoms with van der Waals surface area (Å²) < 4.78 is 5.27. The Hall–Kier alpha value is -1.85. The van der Waals surface area contributed by atoms with Gasteiger partial charge in [0.25, 0.3) is 5.88 Å². The molecule has 20 heavy (non-hydrogen) atoms. The fourth-order valence-electron chi connectivity index (χ4n) is 3.31. The molecule has 0 unspecified atom stereocenters. The molecule has 1 spiro atoms. The van der Waals surface area contributed by atoms with Gasteiger partial charge >= 0.3 is 0 Å². The van der Waals surface area contributed by atoms with Crippen molar-refractivity contribution in [2.45, 2.75) is 19.3 Å². The monoisotopic (exact) mass is 276 g/mol. The summed E-state index contributed by atoms with van der Waals surface area (Å²) in [5, 5.41) is 0. The van der Waals surface area contributed by atoms with E-state index in [1.54, 1.807) is 19.5 Å². The third-order valence-corrected chi connectivity index (χ3v) is 4.49. The molecule has 6 heteroatoms. The molecule has 0 bridgehead atoms. The van der Waals surface area contributed by atoms with Crippen LogP contribution in [0.1, 0.15) is 19.3 Å². The number of anilines is 1. The predicted molar refractivity (Wildman–Crippen MR) is 74.7 cm³/mol. The second kappa shape index (κ2) is 4.92. The Labute approximate surface area is 118 Å². The van der Waals surface area contributed by atoms with E-state index in [1.807, 2.05) is 11.9 Å². The highest BCUT2D eigenvalue weighted by atomic mass is 16.5. The van der Waals surface area contributed by atoms with Crippen LogP contribution in [0.4, 0.5) is 5.82 Å². The van der Waals surface area contributed by atoms with Crippen LogP contribution < -0.4 is 9.64 Å². The first kappa shape index (κ1) is 13.1. The van der Waals surface area contributed by atoms with Crippen LogP contribution in [0.2, 0.25) is 0 Å². The highest BCUT2D eigenvalue weighted by Crippen LogP contribution is 2.41. The Bertz CT molecular complexity index is 512. The second-order valence-electron chi connectivity index (χ2n) is 5.80. The number of ether oxygens (including phenoxy) is 1. The highest BCUT2D eigenvalue weighted by molar-refractivity contribution is 5.79. The lowest BCUT2D eigenvalue weighted by Gasteiger charge is -2.39. The largest absolute Gasteiger partial charge is 0.478 e. The second-order valence-corrected chi connectivity index (χ2v) is 5.80. The van der Waals surface area contributed by atoms with Crippen molar-refractivity contribution in [1.29, 1.82) is 0 Å². The predicted octanol–water partition coefficient (Wildman–Crippen LogP) is 0.934.